The van der Waals surface area contributed by atoms with Crippen LogP contribution >= 0.6 is 0 Å². The van der Waals surface area contributed by atoms with Gasteiger partial charge in [-0.1, -0.05) is 6.07 Å². The monoisotopic (exact) mass is 351 g/mol. The van der Waals surface area contributed by atoms with Crippen LogP contribution in [0.15, 0.2) is 42.6 Å². The Kier molecular flexibility index (Phi) is 3.85. The number of fused-ring (bicyclic) bond motifs is 2. The molecule has 2 heterocycles. The van der Waals surface area contributed by atoms with Gasteiger partial charge in [-0.05, 0) is 30.3 Å². The van der Waals surface area contributed by atoms with E-state index < -0.39 is 12.6 Å². The summed E-state index contributed by atoms with van der Waals surface area (Å²) < 4.78 is 10.3. The van der Waals surface area contributed by atoms with Crippen LogP contribution in [0.5, 0.6) is 5.75 Å². The number of hydrogen-bond donors (Lipinski definition) is 2. The number of carbonyl (C=O) groups excluding carboxylic acids is 3. The summed E-state index contributed by atoms with van der Waals surface area (Å²) in [5.41, 5.74) is 1.76. The van der Waals surface area contributed by atoms with Crippen LogP contribution in [0, 0.1) is 0 Å². The molecule has 1 amide bonds. The molecule has 1 aliphatic rings. The predicted octanol–water partition coefficient (Wildman–Crippen LogP) is 1.93. The fraction of sp³-hybridized carbons (Fsp3) is 0.111. The molecule has 0 radical (unpaired) electrons. The van der Waals surface area contributed by atoms with Crippen LogP contribution < -0.4 is 10.1 Å². The van der Waals surface area contributed by atoms with Gasteiger partial charge in [0.05, 0.1) is 23.0 Å². The predicted molar refractivity (Wildman–Crippen MR) is 91.3 cm³/mol. The molecule has 0 atom stereocenters. The van der Waals surface area contributed by atoms with Gasteiger partial charge < -0.3 is 14.8 Å². The smallest absolute Gasteiger partial charge is 0.338 e. The van der Waals surface area contributed by atoms with Gasteiger partial charge in [-0.3, -0.25) is 14.7 Å². The Labute approximate surface area is 147 Å². The first-order valence-electron chi connectivity index (χ1n) is 7.80. The second kappa shape index (κ2) is 6.32. The van der Waals surface area contributed by atoms with Crippen LogP contribution in [0.1, 0.15) is 20.7 Å². The maximum atomic E-state index is 12.3. The minimum Gasteiger partial charge on any atom is -0.482 e. The average molecular weight is 351 g/mol. The Morgan fingerprint density at radius 3 is 2.88 bits per heavy atom. The number of esters is 1. The summed E-state index contributed by atoms with van der Waals surface area (Å²) in [5, 5.41) is 10.2. The molecule has 130 valence electrons. The number of carbonyl (C=O) groups is 3. The van der Waals surface area contributed by atoms with Crippen molar-refractivity contribution in [3.8, 4) is 5.75 Å². The molecule has 0 unspecified atom stereocenters. The van der Waals surface area contributed by atoms with E-state index in [1.165, 1.54) is 6.07 Å². The van der Waals surface area contributed by atoms with Gasteiger partial charge in [-0.2, -0.15) is 5.10 Å². The van der Waals surface area contributed by atoms with Crippen molar-refractivity contribution in [2.45, 2.75) is 0 Å². The van der Waals surface area contributed by atoms with Crippen LogP contribution in [0.25, 0.3) is 10.9 Å². The first-order valence-corrected chi connectivity index (χ1v) is 7.80. The van der Waals surface area contributed by atoms with E-state index in [9.17, 15) is 14.4 Å². The molecule has 4 rings (SSSR count). The molecule has 8 nitrogen and oxygen atoms in total. The Bertz CT molecular complexity index is 1040. The van der Waals surface area contributed by atoms with Crippen LogP contribution in [-0.4, -0.2) is 41.1 Å². The quantitative estimate of drug-likeness (QED) is 0.549. The molecule has 1 aliphatic heterocycles. The number of amides is 1. The number of hydrogen-bond acceptors (Lipinski definition) is 6. The van der Waals surface area contributed by atoms with Crippen molar-refractivity contribution in [2.24, 2.45) is 0 Å². The maximum Gasteiger partial charge on any atom is 0.338 e. The van der Waals surface area contributed by atoms with E-state index in [-0.39, 0.29) is 18.3 Å². The SMILES string of the molecule is O=C1COc2ccc(C(=O)COC(=O)c3ccc4cn[nH]c4c3)cc2N1. The normalized spacial score (nSPS) is 12.8. The number of anilines is 1. The average Bonchev–Trinajstić information content (AvgIpc) is 3.13. The third-order valence-corrected chi connectivity index (χ3v) is 3.95. The van der Waals surface area contributed by atoms with E-state index in [1.807, 2.05) is 0 Å². The van der Waals surface area contributed by atoms with E-state index in [2.05, 4.69) is 15.5 Å². The molecule has 3 aromatic rings. The Hall–Kier alpha value is -3.68. The topological polar surface area (TPSA) is 110 Å². The van der Waals surface area contributed by atoms with Crippen molar-refractivity contribution < 1.29 is 23.9 Å². The van der Waals surface area contributed by atoms with Crippen molar-refractivity contribution in [1.29, 1.82) is 0 Å². The number of benzene rings is 2. The lowest BCUT2D eigenvalue weighted by atomic mass is 10.1. The number of rotatable bonds is 4. The Balaban J connectivity index is 1.44. The van der Waals surface area contributed by atoms with Crippen molar-refractivity contribution in [2.75, 3.05) is 18.5 Å². The Morgan fingerprint density at radius 1 is 1.15 bits per heavy atom. The molecular weight excluding hydrogens is 338 g/mol. The molecule has 2 N–H and O–H groups in total. The molecule has 8 heteroatoms. The lowest BCUT2D eigenvalue weighted by Gasteiger charge is -2.18. The zero-order valence-corrected chi connectivity index (χ0v) is 13.4. The summed E-state index contributed by atoms with van der Waals surface area (Å²) in [4.78, 5) is 35.8. The second-order valence-corrected chi connectivity index (χ2v) is 5.72. The van der Waals surface area contributed by atoms with E-state index in [0.717, 1.165) is 5.39 Å². The van der Waals surface area contributed by atoms with Gasteiger partial charge >= 0.3 is 5.97 Å². The van der Waals surface area contributed by atoms with E-state index in [4.69, 9.17) is 9.47 Å². The molecule has 0 saturated heterocycles. The van der Waals surface area contributed by atoms with Gasteiger partial charge in [0.25, 0.3) is 5.91 Å². The van der Waals surface area contributed by atoms with Gasteiger partial charge in [0.15, 0.2) is 19.0 Å². The van der Waals surface area contributed by atoms with Gasteiger partial charge in [-0.15, -0.1) is 0 Å². The van der Waals surface area contributed by atoms with Crippen molar-refractivity contribution in [3.63, 3.8) is 0 Å². The highest BCUT2D eigenvalue weighted by Gasteiger charge is 2.19. The summed E-state index contributed by atoms with van der Waals surface area (Å²) >= 11 is 0. The standard InChI is InChI=1S/C18H13N3O5/c22-15(10-3-4-16-14(5-10)20-17(23)9-25-16)8-26-18(24)11-1-2-12-7-19-21-13(12)6-11/h1-7H,8-9H2,(H,19,21)(H,20,23). The third-order valence-electron chi connectivity index (χ3n) is 3.95. The summed E-state index contributed by atoms with van der Waals surface area (Å²) in [6.45, 7) is -0.466. The molecule has 2 aromatic carbocycles. The second-order valence-electron chi connectivity index (χ2n) is 5.72. The molecule has 1 aromatic heterocycles. The highest BCUT2D eigenvalue weighted by molar-refractivity contribution is 6.02. The van der Waals surface area contributed by atoms with Gasteiger partial charge in [0.1, 0.15) is 5.75 Å². The lowest BCUT2D eigenvalue weighted by molar-refractivity contribution is -0.118. The highest BCUT2D eigenvalue weighted by atomic mass is 16.5. The Morgan fingerprint density at radius 2 is 2.00 bits per heavy atom. The fourth-order valence-electron chi connectivity index (χ4n) is 2.62. The van der Waals surface area contributed by atoms with Crippen molar-refractivity contribution >= 4 is 34.3 Å². The van der Waals surface area contributed by atoms with Crippen LogP contribution in [0.3, 0.4) is 0 Å². The summed E-state index contributed by atoms with van der Waals surface area (Å²) in [6, 6.07) is 9.61. The molecule has 0 fully saturated rings. The number of nitrogens with one attached hydrogen (secondary N) is 2. The largest absolute Gasteiger partial charge is 0.482 e. The van der Waals surface area contributed by atoms with Gasteiger partial charge in [0, 0.05) is 10.9 Å². The van der Waals surface area contributed by atoms with Crippen molar-refractivity contribution in [1.82, 2.24) is 10.2 Å². The third kappa shape index (κ3) is 3.00. The summed E-state index contributed by atoms with van der Waals surface area (Å²) in [7, 11) is 0. The van der Waals surface area contributed by atoms with Crippen LogP contribution in [-0.2, 0) is 9.53 Å². The number of aromatic nitrogens is 2. The van der Waals surface area contributed by atoms with Crippen LogP contribution in [0.4, 0.5) is 5.69 Å². The van der Waals surface area contributed by atoms with E-state index in [1.54, 1.807) is 36.5 Å². The lowest BCUT2D eigenvalue weighted by Crippen LogP contribution is -2.25. The maximum absolute atomic E-state index is 12.3. The fourth-order valence-corrected chi connectivity index (χ4v) is 2.62. The first kappa shape index (κ1) is 15.8. The van der Waals surface area contributed by atoms with Gasteiger partial charge in [0.2, 0.25) is 0 Å². The first-order chi connectivity index (χ1) is 12.6. The number of H-pyrrole nitrogens is 1. The molecular formula is C18H13N3O5. The zero-order valence-electron chi connectivity index (χ0n) is 13.4. The zero-order chi connectivity index (χ0) is 18.1. The van der Waals surface area contributed by atoms with Crippen molar-refractivity contribution in [3.05, 3.63) is 53.7 Å². The minimum atomic E-state index is -0.607. The number of nitrogens with zero attached hydrogens (tertiary/aromatic N) is 1. The summed E-state index contributed by atoms with van der Waals surface area (Å²) in [6.07, 6.45) is 1.65. The molecule has 0 spiro atoms. The highest BCUT2D eigenvalue weighted by Crippen LogP contribution is 2.28. The molecule has 0 bridgehead atoms. The van der Waals surface area contributed by atoms with Crippen LogP contribution in [0.2, 0.25) is 0 Å². The number of aromatic amines is 1. The summed E-state index contributed by atoms with van der Waals surface area (Å²) in [5.74, 6) is -0.790. The van der Waals surface area contributed by atoms with E-state index in [0.29, 0.717) is 28.1 Å². The molecule has 26 heavy (non-hydrogen) atoms. The molecule has 0 saturated carbocycles. The van der Waals surface area contributed by atoms with E-state index >= 15 is 0 Å². The minimum absolute atomic E-state index is 0.0570. The molecule has 0 aliphatic carbocycles. The number of ketones is 1. The van der Waals surface area contributed by atoms with Gasteiger partial charge in [-0.25, -0.2) is 4.79 Å². The number of ether oxygens (including phenoxy) is 2. The number of Topliss-reactive ketones (excluding diaryl/α,β-unsaturated/α-hetero) is 1.